The number of nitrogens with one attached hydrogen (secondary N) is 1. The lowest BCUT2D eigenvalue weighted by Crippen LogP contribution is -2.19. The molecule has 0 saturated carbocycles. The van der Waals surface area contributed by atoms with Gasteiger partial charge in [0.15, 0.2) is 16.7 Å². The van der Waals surface area contributed by atoms with E-state index in [1.807, 2.05) is 0 Å². The molecule has 0 radical (unpaired) electrons. The first kappa shape index (κ1) is 20.2. The van der Waals surface area contributed by atoms with Gasteiger partial charge in [-0.25, -0.2) is 0 Å². The molecule has 0 atom stereocenters. The zero-order chi connectivity index (χ0) is 20.1. The molecular weight excluding hydrogens is 426 g/mol. The van der Waals surface area contributed by atoms with Crippen LogP contribution in [0, 0.1) is 0 Å². The van der Waals surface area contributed by atoms with Crippen LogP contribution < -0.4 is 14.2 Å². The van der Waals surface area contributed by atoms with Crippen molar-refractivity contribution in [2.45, 2.75) is 4.90 Å². The van der Waals surface area contributed by atoms with Crippen LogP contribution in [0.3, 0.4) is 0 Å². The van der Waals surface area contributed by atoms with E-state index in [-0.39, 0.29) is 22.3 Å². The minimum Gasteiger partial charge on any atom is -0.493 e. The molecule has 28 heavy (non-hydrogen) atoms. The molecule has 3 rings (SSSR count). The highest BCUT2D eigenvalue weighted by atomic mass is 35.5. The maximum Gasteiger partial charge on any atom is 0.339 e. The fourth-order valence-corrected chi connectivity index (χ4v) is 3.82. The fraction of sp³-hybridized carbons (Fsp3) is 0.118. The van der Waals surface area contributed by atoms with Gasteiger partial charge in [-0.15, -0.1) is 5.10 Å². The second-order valence-electron chi connectivity index (χ2n) is 5.39. The first-order valence-electron chi connectivity index (χ1n) is 7.79. The normalized spacial score (nSPS) is 15.8. The minimum atomic E-state index is -4.05. The molecule has 146 valence electrons. The Balaban J connectivity index is 1.77. The van der Waals surface area contributed by atoms with Crippen molar-refractivity contribution in [3.8, 4) is 11.5 Å². The van der Waals surface area contributed by atoms with Gasteiger partial charge in [-0.1, -0.05) is 23.4 Å². The SMILES string of the molecule is COc1cc(/C=N\N=C2\NC(=O)CS2)ccc1OS(=O)(=O)c1ccc(Cl)cc1. The van der Waals surface area contributed by atoms with Crippen molar-refractivity contribution in [3.05, 3.63) is 53.1 Å². The van der Waals surface area contributed by atoms with Crippen molar-refractivity contribution in [1.82, 2.24) is 5.32 Å². The van der Waals surface area contributed by atoms with Gasteiger partial charge in [-0.2, -0.15) is 13.5 Å². The Kier molecular flexibility index (Phi) is 6.22. The van der Waals surface area contributed by atoms with Crippen molar-refractivity contribution >= 4 is 50.8 Å². The number of carbonyl (C=O) groups is 1. The van der Waals surface area contributed by atoms with Crippen molar-refractivity contribution in [1.29, 1.82) is 0 Å². The number of hydrogen-bond donors (Lipinski definition) is 1. The largest absolute Gasteiger partial charge is 0.493 e. The number of amidine groups is 1. The molecule has 1 amide bonds. The van der Waals surface area contributed by atoms with Crippen LogP contribution in [-0.4, -0.2) is 38.6 Å². The van der Waals surface area contributed by atoms with Gasteiger partial charge in [0, 0.05) is 5.02 Å². The van der Waals surface area contributed by atoms with Crippen LogP contribution in [0.5, 0.6) is 11.5 Å². The molecule has 1 aliphatic heterocycles. The summed E-state index contributed by atoms with van der Waals surface area (Å²) in [4.78, 5) is 11.1. The van der Waals surface area contributed by atoms with Crippen LogP contribution in [0.2, 0.25) is 5.02 Å². The molecule has 0 bridgehead atoms. The zero-order valence-electron chi connectivity index (χ0n) is 14.5. The lowest BCUT2D eigenvalue weighted by Gasteiger charge is -2.11. The molecule has 0 aliphatic carbocycles. The molecule has 1 saturated heterocycles. The molecule has 1 fully saturated rings. The average Bonchev–Trinajstić information content (AvgIpc) is 3.08. The molecule has 1 N–H and O–H groups in total. The molecule has 11 heteroatoms. The smallest absolute Gasteiger partial charge is 0.339 e. The maximum atomic E-state index is 12.4. The first-order valence-corrected chi connectivity index (χ1v) is 10.6. The van der Waals surface area contributed by atoms with E-state index in [1.165, 1.54) is 55.4 Å². The van der Waals surface area contributed by atoms with E-state index in [0.29, 0.717) is 21.5 Å². The van der Waals surface area contributed by atoms with E-state index in [1.54, 1.807) is 12.1 Å². The summed E-state index contributed by atoms with van der Waals surface area (Å²) in [6.07, 6.45) is 1.44. The summed E-state index contributed by atoms with van der Waals surface area (Å²) in [7, 11) is -2.65. The number of nitrogens with zero attached hydrogens (tertiary/aromatic N) is 2. The highest BCUT2D eigenvalue weighted by Gasteiger charge is 2.19. The number of methoxy groups -OCH3 is 1. The fourth-order valence-electron chi connectivity index (χ4n) is 2.13. The predicted molar refractivity (Wildman–Crippen MR) is 108 cm³/mol. The Labute approximate surface area is 170 Å². The zero-order valence-corrected chi connectivity index (χ0v) is 16.8. The third kappa shape index (κ3) is 5.03. The standard InChI is InChI=1S/C17H14ClN3O5S2/c1-25-15-8-11(9-19-21-17-20-16(22)10-27-17)2-7-14(15)26-28(23,24)13-5-3-12(18)4-6-13/h2-9H,10H2,1H3,(H,20,21,22)/b19-9-. The van der Waals surface area contributed by atoms with Crippen LogP contribution >= 0.6 is 23.4 Å². The van der Waals surface area contributed by atoms with Gasteiger partial charge in [0.1, 0.15) is 4.90 Å². The lowest BCUT2D eigenvalue weighted by atomic mass is 10.2. The van der Waals surface area contributed by atoms with Crippen LogP contribution in [0.15, 0.2) is 57.6 Å². The van der Waals surface area contributed by atoms with Gasteiger partial charge in [0.05, 0.1) is 19.1 Å². The molecule has 8 nitrogen and oxygen atoms in total. The number of hydrogen-bond acceptors (Lipinski definition) is 8. The number of carbonyl (C=O) groups excluding carboxylic acids is 1. The number of ether oxygens (including phenoxy) is 1. The van der Waals surface area contributed by atoms with Crippen LogP contribution in [0.25, 0.3) is 0 Å². The van der Waals surface area contributed by atoms with Crippen LogP contribution in [-0.2, 0) is 14.9 Å². The van der Waals surface area contributed by atoms with E-state index < -0.39 is 10.1 Å². The van der Waals surface area contributed by atoms with E-state index >= 15 is 0 Å². The molecule has 0 aromatic heterocycles. The van der Waals surface area contributed by atoms with Crippen LogP contribution in [0.1, 0.15) is 5.56 Å². The number of halogens is 1. The molecule has 2 aromatic carbocycles. The molecule has 2 aromatic rings. The molecule has 1 aliphatic rings. The summed E-state index contributed by atoms with van der Waals surface area (Å²) >= 11 is 7.04. The second-order valence-corrected chi connectivity index (χ2v) is 8.34. The van der Waals surface area contributed by atoms with Crippen LogP contribution in [0.4, 0.5) is 0 Å². The summed E-state index contributed by atoms with van der Waals surface area (Å²) in [6.45, 7) is 0. The van der Waals surface area contributed by atoms with Crippen molar-refractivity contribution in [3.63, 3.8) is 0 Å². The average molecular weight is 440 g/mol. The highest BCUT2D eigenvalue weighted by molar-refractivity contribution is 8.15. The van der Waals surface area contributed by atoms with Crippen molar-refractivity contribution in [2.24, 2.45) is 10.2 Å². The van der Waals surface area contributed by atoms with E-state index in [4.69, 9.17) is 20.5 Å². The van der Waals surface area contributed by atoms with Crippen molar-refractivity contribution < 1.29 is 22.1 Å². The lowest BCUT2D eigenvalue weighted by molar-refractivity contribution is -0.116. The molecule has 1 heterocycles. The molecule has 0 spiro atoms. The third-order valence-electron chi connectivity index (χ3n) is 3.43. The minimum absolute atomic E-state index is 0.0273. The second kappa shape index (κ2) is 8.63. The Morgan fingerprint density at radius 1 is 1.18 bits per heavy atom. The number of rotatable bonds is 6. The van der Waals surface area contributed by atoms with Gasteiger partial charge in [-0.3, -0.25) is 4.79 Å². The summed E-state index contributed by atoms with van der Waals surface area (Å²) in [6, 6.07) is 10.2. The van der Waals surface area contributed by atoms with Gasteiger partial charge in [-0.05, 0) is 48.0 Å². The Bertz CT molecular complexity index is 1050. The Morgan fingerprint density at radius 2 is 1.93 bits per heavy atom. The number of thioether (sulfide) groups is 1. The topological polar surface area (TPSA) is 106 Å². The Morgan fingerprint density at radius 3 is 2.57 bits per heavy atom. The van der Waals surface area contributed by atoms with E-state index in [2.05, 4.69) is 15.5 Å². The molecular formula is C17H14ClN3O5S2. The summed E-state index contributed by atoms with van der Waals surface area (Å²) in [5, 5.41) is 11.2. The van der Waals surface area contributed by atoms with Crippen molar-refractivity contribution in [2.75, 3.05) is 12.9 Å². The van der Waals surface area contributed by atoms with E-state index in [9.17, 15) is 13.2 Å². The number of benzene rings is 2. The van der Waals surface area contributed by atoms with Gasteiger partial charge < -0.3 is 14.2 Å². The first-order chi connectivity index (χ1) is 13.4. The third-order valence-corrected chi connectivity index (χ3v) is 5.80. The Hall–Kier alpha value is -2.56. The summed E-state index contributed by atoms with van der Waals surface area (Å²) < 4.78 is 35.2. The van der Waals surface area contributed by atoms with Gasteiger partial charge in [0.2, 0.25) is 5.91 Å². The quantitative estimate of drug-likeness (QED) is 0.421. The molecule has 0 unspecified atom stereocenters. The monoisotopic (exact) mass is 439 g/mol. The number of amides is 1. The van der Waals surface area contributed by atoms with Gasteiger partial charge in [0.25, 0.3) is 0 Å². The van der Waals surface area contributed by atoms with Gasteiger partial charge >= 0.3 is 10.1 Å². The summed E-state index contributed by atoms with van der Waals surface area (Å²) in [5.41, 5.74) is 0.603. The predicted octanol–water partition coefficient (Wildman–Crippen LogP) is 2.67. The highest BCUT2D eigenvalue weighted by Crippen LogP contribution is 2.30. The summed E-state index contributed by atoms with van der Waals surface area (Å²) in [5.74, 6) is 0.428. The van der Waals surface area contributed by atoms with E-state index in [0.717, 1.165) is 0 Å². The maximum absolute atomic E-state index is 12.4.